The minimum Gasteiger partial charge on any atom is -0.324 e. The van der Waals surface area contributed by atoms with Crippen LogP contribution in [-0.4, -0.2) is 11.2 Å². The second-order valence-corrected chi connectivity index (χ2v) is 4.45. The normalized spacial score (nSPS) is 19.4. The van der Waals surface area contributed by atoms with E-state index < -0.39 is 0 Å². The Kier molecular flexibility index (Phi) is 2.18. The lowest BCUT2D eigenvalue weighted by Gasteiger charge is -2.21. The minimum absolute atomic E-state index is 0.00223. The third-order valence-corrected chi connectivity index (χ3v) is 3.22. The van der Waals surface area contributed by atoms with Crippen molar-refractivity contribution < 1.29 is 4.79 Å². The molecule has 1 aliphatic heterocycles. The van der Waals surface area contributed by atoms with Crippen LogP contribution in [0.1, 0.15) is 12.5 Å². The van der Waals surface area contributed by atoms with Crippen LogP contribution < -0.4 is 5.32 Å². The molecule has 1 unspecified atom stereocenters. The van der Waals surface area contributed by atoms with Crippen LogP contribution in [0.15, 0.2) is 23.1 Å². The number of benzene rings is 1. The van der Waals surface area contributed by atoms with Crippen molar-refractivity contribution in [1.29, 1.82) is 5.26 Å². The molecular formula is C10H8N2OS. The number of carbonyl (C=O) groups excluding carboxylic acids is 1. The fraction of sp³-hybridized carbons (Fsp3) is 0.200. The standard InChI is InChI=1S/C10H8N2OS/c1-6-10(13)12-8-4-7(5-11)2-3-9(8)14-6/h2-4,6H,1H3,(H,12,13). The van der Waals surface area contributed by atoms with Crippen molar-refractivity contribution in [3.63, 3.8) is 0 Å². The zero-order valence-electron chi connectivity index (χ0n) is 7.57. The lowest BCUT2D eigenvalue weighted by atomic mass is 10.2. The van der Waals surface area contributed by atoms with Crippen LogP contribution in [0.2, 0.25) is 0 Å². The molecular weight excluding hydrogens is 196 g/mol. The molecule has 1 N–H and O–H groups in total. The van der Waals surface area contributed by atoms with Gasteiger partial charge in [-0.2, -0.15) is 5.26 Å². The van der Waals surface area contributed by atoms with Gasteiger partial charge >= 0.3 is 0 Å². The van der Waals surface area contributed by atoms with Gasteiger partial charge in [-0.15, -0.1) is 11.8 Å². The molecule has 1 aromatic rings. The van der Waals surface area contributed by atoms with E-state index in [1.54, 1.807) is 12.1 Å². The van der Waals surface area contributed by atoms with Crippen molar-refractivity contribution >= 4 is 23.4 Å². The van der Waals surface area contributed by atoms with E-state index >= 15 is 0 Å². The third kappa shape index (κ3) is 1.47. The van der Waals surface area contributed by atoms with Crippen LogP contribution in [0.3, 0.4) is 0 Å². The zero-order valence-corrected chi connectivity index (χ0v) is 8.39. The third-order valence-electron chi connectivity index (χ3n) is 2.04. The predicted octanol–water partition coefficient (Wildman–Crippen LogP) is 1.99. The van der Waals surface area contributed by atoms with Gasteiger partial charge in [0, 0.05) is 4.90 Å². The summed E-state index contributed by atoms with van der Waals surface area (Å²) >= 11 is 1.52. The van der Waals surface area contributed by atoms with Crippen molar-refractivity contribution in [2.45, 2.75) is 17.1 Å². The van der Waals surface area contributed by atoms with Crippen LogP contribution in [0.4, 0.5) is 5.69 Å². The van der Waals surface area contributed by atoms with Gasteiger partial charge in [-0.1, -0.05) is 0 Å². The van der Waals surface area contributed by atoms with Crippen molar-refractivity contribution in [3.8, 4) is 6.07 Å². The summed E-state index contributed by atoms with van der Waals surface area (Å²) in [4.78, 5) is 12.4. The Hall–Kier alpha value is -1.47. The maximum atomic E-state index is 11.3. The number of thioether (sulfide) groups is 1. The lowest BCUT2D eigenvalue weighted by molar-refractivity contribution is -0.115. The lowest BCUT2D eigenvalue weighted by Crippen LogP contribution is -2.26. The highest BCUT2D eigenvalue weighted by Gasteiger charge is 2.22. The van der Waals surface area contributed by atoms with Gasteiger partial charge in [0.05, 0.1) is 22.6 Å². The van der Waals surface area contributed by atoms with Crippen molar-refractivity contribution in [1.82, 2.24) is 0 Å². The van der Waals surface area contributed by atoms with Crippen LogP contribution in [0, 0.1) is 11.3 Å². The van der Waals surface area contributed by atoms with E-state index in [4.69, 9.17) is 5.26 Å². The average Bonchev–Trinajstić information content (AvgIpc) is 2.19. The van der Waals surface area contributed by atoms with Gasteiger partial charge in [-0.05, 0) is 25.1 Å². The first-order chi connectivity index (χ1) is 6.70. The molecule has 4 heteroatoms. The molecule has 0 spiro atoms. The number of nitrogens with zero attached hydrogens (tertiary/aromatic N) is 1. The summed E-state index contributed by atoms with van der Waals surface area (Å²) in [5.74, 6) is -0.00223. The van der Waals surface area contributed by atoms with E-state index in [2.05, 4.69) is 5.32 Å². The SMILES string of the molecule is CC1Sc2ccc(C#N)cc2NC1=O. The molecule has 0 fully saturated rings. The van der Waals surface area contributed by atoms with Crippen LogP contribution >= 0.6 is 11.8 Å². The first-order valence-electron chi connectivity index (χ1n) is 4.22. The van der Waals surface area contributed by atoms with Crippen LogP contribution in [0.5, 0.6) is 0 Å². The van der Waals surface area contributed by atoms with Gasteiger partial charge in [0.2, 0.25) is 5.91 Å². The molecule has 1 aromatic carbocycles. The number of rotatable bonds is 0. The molecule has 14 heavy (non-hydrogen) atoms. The van der Waals surface area contributed by atoms with Gasteiger partial charge in [-0.25, -0.2) is 0 Å². The zero-order chi connectivity index (χ0) is 10.1. The largest absolute Gasteiger partial charge is 0.324 e. The molecule has 0 radical (unpaired) electrons. The number of nitriles is 1. The minimum atomic E-state index is -0.0598. The first kappa shape index (κ1) is 9.10. The van der Waals surface area contributed by atoms with Crippen LogP contribution in [0.25, 0.3) is 0 Å². The second kappa shape index (κ2) is 3.35. The van der Waals surface area contributed by atoms with Gasteiger partial charge in [0.15, 0.2) is 0 Å². The van der Waals surface area contributed by atoms with Gasteiger partial charge in [-0.3, -0.25) is 4.79 Å². The van der Waals surface area contributed by atoms with Gasteiger partial charge < -0.3 is 5.32 Å². The molecule has 70 valence electrons. The van der Waals surface area contributed by atoms with Crippen molar-refractivity contribution in [3.05, 3.63) is 23.8 Å². The van der Waals surface area contributed by atoms with E-state index in [1.165, 1.54) is 11.8 Å². The van der Waals surface area contributed by atoms with Gasteiger partial charge in [0.1, 0.15) is 0 Å². The summed E-state index contributed by atoms with van der Waals surface area (Å²) in [6.07, 6.45) is 0. The highest BCUT2D eigenvalue weighted by molar-refractivity contribution is 8.00. The Morgan fingerprint density at radius 3 is 3.07 bits per heavy atom. The maximum absolute atomic E-state index is 11.3. The first-order valence-corrected chi connectivity index (χ1v) is 5.10. The molecule has 0 saturated heterocycles. The summed E-state index contributed by atoms with van der Waals surface area (Å²) in [7, 11) is 0. The van der Waals surface area contributed by atoms with E-state index in [-0.39, 0.29) is 11.2 Å². The summed E-state index contributed by atoms with van der Waals surface area (Å²) in [6.45, 7) is 1.86. The summed E-state index contributed by atoms with van der Waals surface area (Å²) < 4.78 is 0. The summed E-state index contributed by atoms with van der Waals surface area (Å²) in [5, 5.41) is 11.4. The highest BCUT2D eigenvalue weighted by atomic mass is 32.2. The summed E-state index contributed by atoms with van der Waals surface area (Å²) in [5.41, 5.74) is 1.32. The van der Waals surface area contributed by atoms with Crippen molar-refractivity contribution in [2.75, 3.05) is 5.32 Å². The topological polar surface area (TPSA) is 52.9 Å². The molecule has 2 rings (SSSR count). The Morgan fingerprint density at radius 1 is 1.57 bits per heavy atom. The molecule has 1 atom stereocenters. The maximum Gasteiger partial charge on any atom is 0.237 e. The predicted molar refractivity (Wildman–Crippen MR) is 55.1 cm³/mol. The van der Waals surface area contributed by atoms with E-state index in [1.807, 2.05) is 19.1 Å². The second-order valence-electron chi connectivity index (χ2n) is 3.07. The molecule has 1 heterocycles. The molecule has 0 aromatic heterocycles. The Labute approximate surface area is 86.1 Å². The fourth-order valence-electron chi connectivity index (χ4n) is 1.28. The monoisotopic (exact) mass is 204 g/mol. The molecule has 0 bridgehead atoms. The molecule has 0 saturated carbocycles. The molecule has 0 aliphatic carbocycles. The van der Waals surface area contributed by atoms with E-state index in [0.29, 0.717) is 5.56 Å². The molecule has 1 aliphatic rings. The number of nitrogens with one attached hydrogen (secondary N) is 1. The number of fused-ring (bicyclic) bond motifs is 1. The smallest absolute Gasteiger partial charge is 0.237 e. The number of amides is 1. The Morgan fingerprint density at radius 2 is 2.36 bits per heavy atom. The van der Waals surface area contributed by atoms with E-state index in [9.17, 15) is 4.79 Å². The number of carbonyl (C=O) groups is 1. The summed E-state index contributed by atoms with van der Waals surface area (Å²) in [6, 6.07) is 7.37. The number of hydrogen-bond donors (Lipinski definition) is 1. The molecule has 1 amide bonds. The number of anilines is 1. The average molecular weight is 204 g/mol. The Bertz CT molecular complexity index is 436. The van der Waals surface area contributed by atoms with Crippen molar-refractivity contribution in [2.24, 2.45) is 0 Å². The van der Waals surface area contributed by atoms with E-state index in [0.717, 1.165) is 10.6 Å². The fourth-order valence-corrected chi connectivity index (χ4v) is 2.21. The van der Waals surface area contributed by atoms with Gasteiger partial charge in [0.25, 0.3) is 0 Å². The molecule has 3 nitrogen and oxygen atoms in total. The van der Waals surface area contributed by atoms with Crippen LogP contribution in [-0.2, 0) is 4.79 Å². The highest BCUT2D eigenvalue weighted by Crippen LogP contribution is 2.35. The Balaban J connectivity index is 2.44. The number of hydrogen-bond acceptors (Lipinski definition) is 3. The quantitative estimate of drug-likeness (QED) is 0.703.